The van der Waals surface area contributed by atoms with Gasteiger partial charge in [-0.2, -0.15) is 5.10 Å². The monoisotopic (exact) mass is 410 g/mol. The topological polar surface area (TPSA) is 98.0 Å². The third-order valence-electron chi connectivity index (χ3n) is 5.08. The van der Waals surface area contributed by atoms with Crippen LogP contribution in [-0.2, 0) is 6.42 Å². The Balaban J connectivity index is 1.56. The number of aliphatic hydroxyl groups excluding tert-OH is 1. The first-order valence-electron chi connectivity index (χ1n) is 10.2. The third kappa shape index (κ3) is 4.23. The fraction of sp³-hybridized carbons (Fsp3) is 0.409. The van der Waals surface area contributed by atoms with Crippen LogP contribution in [0, 0.1) is 5.92 Å². The predicted octanol–water partition coefficient (Wildman–Crippen LogP) is 2.55. The number of nitrogens with zero attached hydrogens (tertiary/aromatic N) is 3. The average Bonchev–Trinajstić information content (AvgIpc) is 3.01. The maximum Gasteiger partial charge on any atom is 0.272 e. The van der Waals surface area contributed by atoms with Gasteiger partial charge in [-0.3, -0.25) is 4.79 Å². The van der Waals surface area contributed by atoms with Crippen LogP contribution in [-0.4, -0.2) is 45.4 Å². The van der Waals surface area contributed by atoms with Gasteiger partial charge in [0.15, 0.2) is 22.8 Å². The van der Waals surface area contributed by atoms with E-state index in [0.717, 1.165) is 23.3 Å². The molecule has 0 unspecified atom stereocenters. The first-order valence-corrected chi connectivity index (χ1v) is 10.2. The van der Waals surface area contributed by atoms with Gasteiger partial charge in [0, 0.05) is 31.5 Å². The predicted molar refractivity (Wildman–Crippen MR) is 111 cm³/mol. The number of hydrogen-bond donors (Lipinski definition) is 2. The summed E-state index contributed by atoms with van der Waals surface area (Å²) in [4.78, 5) is 17.3. The lowest BCUT2D eigenvalue weighted by Gasteiger charge is -2.23. The molecule has 30 heavy (non-hydrogen) atoms. The van der Waals surface area contributed by atoms with Crippen molar-refractivity contribution < 1.29 is 19.4 Å². The van der Waals surface area contributed by atoms with Crippen molar-refractivity contribution in [3.8, 4) is 11.5 Å². The molecule has 1 atom stereocenters. The van der Waals surface area contributed by atoms with Gasteiger partial charge in [0.1, 0.15) is 0 Å². The molecule has 1 aliphatic heterocycles. The third-order valence-corrected chi connectivity index (χ3v) is 5.08. The lowest BCUT2D eigenvalue weighted by molar-refractivity contribution is 0.0920. The lowest BCUT2D eigenvalue weighted by Crippen LogP contribution is -2.32. The van der Waals surface area contributed by atoms with E-state index in [1.165, 1.54) is 0 Å². The van der Waals surface area contributed by atoms with Crippen molar-refractivity contribution >= 4 is 11.6 Å². The molecule has 0 aliphatic carbocycles. The van der Waals surface area contributed by atoms with Gasteiger partial charge in [0.2, 0.25) is 0 Å². The zero-order valence-electron chi connectivity index (χ0n) is 17.2. The SMILES string of the molecule is CC(C)[C@@H](NC(=O)c1cc2ncc(CCO)cn2n1)c1ccc2c(c1)OCCCO2. The fourth-order valence-corrected chi connectivity index (χ4v) is 3.51. The highest BCUT2D eigenvalue weighted by molar-refractivity contribution is 5.93. The van der Waals surface area contributed by atoms with Crippen LogP contribution in [0.4, 0.5) is 0 Å². The minimum absolute atomic E-state index is 0.0351. The van der Waals surface area contributed by atoms with E-state index < -0.39 is 0 Å². The van der Waals surface area contributed by atoms with E-state index in [1.54, 1.807) is 23.0 Å². The summed E-state index contributed by atoms with van der Waals surface area (Å²) < 4.78 is 13.1. The van der Waals surface area contributed by atoms with Gasteiger partial charge in [-0.05, 0) is 35.6 Å². The van der Waals surface area contributed by atoms with E-state index in [-0.39, 0.29) is 24.5 Å². The van der Waals surface area contributed by atoms with E-state index in [0.29, 0.717) is 36.7 Å². The molecule has 1 aliphatic rings. The van der Waals surface area contributed by atoms with E-state index >= 15 is 0 Å². The molecule has 1 amide bonds. The summed E-state index contributed by atoms with van der Waals surface area (Å²) in [7, 11) is 0. The van der Waals surface area contributed by atoms with Gasteiger partial charge >= 0.3 is 0 Å². The molecule has 0 spiro atoms. The number of aromatic nitrogens is 3. The number of nitrogens with one attached hydrogen (secondary N) is 1. The van der Waals surface area contributed by atoms with E-state index in [2.05, 4.69) is 29.2 Å². The van der Waals surface area contributed by atoms with Crippen LogP contribution in [0.3, 0.4) is 0 Å². The fourth-order valence-electron chi connectivity index (χ4n) is 3.51. The smallest absolute Gasteiger partial charge is 0.272 e. The number of ether oxygens (including phenoxy) is 2. The molecule has 0 saturated carbocycles. The maximum absolute atomic E-state index is 12.9. The Bertz CT molecular complexity index is 1050. The van der Waals surface area contributed by atoms with Crippen LogP contribution in [0.25, 0.3) is 5.65 Å². The summed E-state index contributed by atoms with van der Waals surface area (Å²) in [5.74, 6) is 1.33. The zero-order chi connectivity index (χ0) is 21.1. The van der Waals surface area contributed by atoms with Gasteiger partial charge in [0.05, 0.1) is 19.3 Å². The molecule has 0 saturated heterocycles. The molecule has 1 aromatic carbocycles. The lowest BCUT2D eigenvalue weighted by atomic mass is 9.95. The van der Waals surface area contributed by atoms with Crippen molar-refractivity contribution in [1.82, 2.24) is 19.9 Å². The highest BCUT2D eigenvalue weighted by Gasteiger charge is 2.23. The number of carbonyl (C=O) groups excluding carboxylic acids is 1. The van der Waals surface area contributed by atoms with Gasteiger partial charge in [0.25, 0.3) is 5.91 Å². The van der Waals surface area contributed by atoms with Gasteiger partial charge in [-0.1, -0.05) is 19.9 Å². The summed E-state index contributed by atoms with van der Waals surface area (Å²) >= 11 is 0. The first-order chi connectivity index (χ1) is 14.5. The molecular formula is C22H26N4O4. The molecule has 3 heterocycles. The van der Waals surface area contributed by atoms with E-state index in [1.807, 2.05) is 18.2 Å². The molecule has 0 radical (unpaired) electrons. The number of benzene rings is 1. The van der Waals surface area contributed by atoms with Gasteiger partial charge in [-0.25, -0.2) is 9.50 Å². The summed E-state index contributed by atoms with van der Waals surface area (Å²) in [5, 5.41) is 16.5. The standard InChI is InChI=1S/C22H26N4O4/c1-14(2)21(16-4-5-18-19(10-16)30-9-3-8-29-18)24-22(28)17-11-20-23-12-15(6-7-27)13-26(20)25-17/h4-5,10-14,21,27H,3,6-9H2,1-2H3,(H,24,28)/t21-/m1/s1. The Morgan fingerprint density at radius 2 is 2.03 bits per heavy atom. The first kappa shape index (κ1) is 20.2. The Hall–Kier alpha value is -3.13. The number of carbonyl (C=O) groups is 1. The summed E-state index contributed by atoms with van der Waals surface area (Å²) in [6.07, 6.45) is 4.79. The molecule has 8 heteroatoms. The van der Waals surface area contributed by atoms with Crippen molar-refractivity contribution in [2.24, 2.45) is 5.92 Å². The van der Waals surface area contributed by atoms with Crippen LogP contribution in [0.1, 0.15) is 47.9 Å². The molecule has 0 bridgehead atoms. The van der Waals surface area contributed by atoms with Crippen molar-refractivity contribution in [2.75, 3.05) is 19.8 Å². The van der Waals surface area contributed by atoms with Crippen LogP contribution < -0.4 is 14.8 Å². The normalized spacial score (nSPS) is 14.5. The van der Waals surface area contributed by atoms with Crippen LogP contribution in [0.15, 0.2) is 36.7 Å². The summed E-state index contributed by atoms with van der Waals surface area (Å²) in [6, 6.07) is 7.25. The summed E-state index contributed by atoms with van der Waals surface area (Å²) in [6.45, 7) is 5.40. The zero-order valence-corrected chi connectivity index (χ0v) is 17.2. The second-order valence-corrected chi connectivity index (χ2v) is 7.72. The molecule has 0 fully saturated rings. The minimum Gasteiger partial charge on any atom is -0.490 e. The van der Waals surface area contributed by atoms with Crippen LogP contribution in [0.5, 0.6) is 11.5 Å². The number of amides is 1. The second kappa shape index (κ2) is 8.71. The minimum atomic E-state index is -0.269. The quantitative estimate of drug-likeness (QED) is 0.648. The Morgan fingerprint density at radius 3 is 2.80 bits per heavy atom. The van der Waals surface area contributed by atoms with Crippen LogP contribution >= 0.6 is 0 Å². The van der Waals surface area contributed by atoms with E-state index in [9.17, 15) is 4.79 Å². The number of rotatable bonds is 6. The highest BCUT2D eigenvalue weighted by Crippen LogP contribution is 2.34. The average molecular weight is 410 g/mol. The van der Waals surface area contributed by atoms with Crippen molar-refractivity contribution in [2.45, 2.75) is 32.7 Å². The molecule has 2 aromatic heterocycles. The Morgan fingerprint density at radius 1 is 1.23 bits per heavy atom. The Labute approximate surface area is 174 Å². The van der Waals surface area contributed by atoms with Crippen LogP contribution in [0.2, 0.25) is 0 Å². The molecule has 3 aromatic rings. The molecule has 158 valence electrons. The maximum atomic E-state index is 12.9. The summed E-state index contributed by atoms with van der Waals surface area (Å²) in [5.41, 5.74) is 2.68. The number of fused-ring (bicyclic) bond motifs is 2. The second-order valence-electron chi connectivity index (χ2n) is 7.72. The van der Waals surface area contributed by atoms with Crippen molar-refractivity contribution in [3.05, 3.63) is 53.5 Å². The Kier molecular flexibility index (Phi) is 5.85. The largest absolute Gasteiger partial charge is 0.490 e. The molecular weight excluding hydrogens is 384 g/mol. The number of aliphatic hydroxyl groups is 1. The number of hydrogen-bond acceptors (Lipinski definition) is 6. The van der Waals surface area contributed by atoms with Crippen molar-refractivity contribution in [3.63, 3.8) is 0 Å². The highest BCUT2D eigenvalue weighted by atomic mass is 16.5. The molecule has 2 N–H and O–H groups in total. The van der Waals surface area contributed by atoms with Gasteiger partial charge < -0.3 is 19.9 Å². The molecule has 8 nitrogen and oxygen atoms in total. The van der Waals surface area contributed by atoms with E-state index in [4.69, 9.17) is 14.6 Å². The van der Waals surface area contributed by atoms with Crippen molar-refractivity contribution in [1.29, 1.82) is 0 Å². The molecule has 4 rings (SSSR count). The van der Waals surface area contributed by atoms with Gasteiger partial charge in [-0.15, -0.1) is 0 Å².